The van der Waals surface area contributed by atoms with Gasteiger partial charge in [-0.3, -0.25) is 15.4 Å². The molecule has 0 atom stereocenters. The molecule has 0 heterocycles. The first kappa shape index (κ1) is 17.7. The fourth-order valence-corrected chi connectivity index (χ4v) is 2.02. The van der Waals surface area contributed by atoms with Crippen LogP contribution in [0.25, 0.3) is 0 Å². The van der Waals surface area contributed by atoms with Crippen LogP contribution in [0, 0.1) is 10.1 Å². The van der Waals surface area contributed by atoms with Crippen LogP contribution in [-0.2, 0) is 11.3 Å². The minimum atomic E-state index is -1.36. The van der Waals surface area contributed by atoms with E-state index in [2.05, 4.69) is 5.32 Å². The number of benzene rings is 2. The number of methoxy groups -OCH3 is 1. The summed E-state index contributed by atoms with van der Waals surface area (Å²) >= 11 is 0. The van der Waals surface area contributed by atoms with Crippen molar-refractivity contribution in [3.05, 3.63) is 63.7 Å². The number of carbonyl (C=O) groups excluding carboxylic acids is 1. The van der Waals surface area contributed by atoms with E-state index >= 15 is 0 Å². The second-order valence-electron chi connectivity index (χ2n) is 4.82. The van der Waals surface area contributed by atoms with Crippen molar-refractivity contribution in [3.63, 3.8) is 0 Å². The molecule has 0 radical (unpaired) electrons. The average Bonchev–Trinajstić information content (AvgIpc) is 2.60. The van der Waals surface area contributed by atoms with E-state index in [1.165, 1.54) is 7.11 Å². The number of carboxylic acid groups (broad SMARTS) is 1. The first-order valence-corrected chi connectivity index (χ1v) is 6.99. The standard InChI is InChI=1S/C16H14N2O7/c1-24-13-8-11(15(19)20)7-12(18(22)23)14(13)17-16(21)25-9-10-5-3-2-4-6-10/h2-8H,9H2,1H3,(H,17,21)(H,19,20). The summed E-state index contributed by atoms with van der Waals surface area (Å²) in [5.41, 5.74) is -0.504. The minimum Gasteiger partial charge on any atom is -0.494 e. The molecule has 0 aliphatic heterocycles. The van der Waals surface area contributed by atoms with E-state index in [0.717, 1.165) is 17.7 Å². The van der Waals surface area contributed by atoms with Crippen molar-refractivity contribution >= 4 is 23.4 Å². The van der Waals surface area contributed by atoms with Crippen molar-refractivity contribution in [2.45, 2.75) is 6.61 Å². The maximum Gasteiger partial charge on any atom is 0.412 e. The quantitative estimate of drug-likeness (QED) is 0.607. The Morgan fingerprint density at radius 2 is 1.92 bits per heavy atom. The number of ether oxygens (including phenoxy) is 2. The maximum atomic E-state index is 11.9. The summed E-state index contributed by atoms with van der Waals surface area (Å²) in [5.74, 6) is -1.53. The number of hydrogen-bond acceptors (Lipinski definition) is 6. The molecule has 0 fully saturated rings. The topological polar surface area (TPSA) is 128 Å². The summed E-state index contributed by atoms with van der Waals surface area (Å²) < 4.78 is 9.95. The molecule has 130 valence electrons. The van der Waals surface area contributed by atoms with Gasteiger partial charge in [0.25, 0.3) is 5.69 Å². The van der Waals surface area contributed by atoms with Gasteiger partial charge in [0.15, 0.2) is 5.69 Å². The lowest BCUT2D eigenvalue weighted by Crippen LogP contribution is -2.16. The molecule has 2 rings (SSSR count). The van der Waals surface area contributed by atoms with Gasteiger partial charge in [-0.1, -0.05) is 30.3 Å². The van der Waals surface area contributed by atoms with Crippen molar-refractivity contribution < 1.29 is 29.1 Å². The maximum absolute atomic E-state index is 11.9. The molecule has 0 bridgehead atoms. The van der Waals surface area contributed by atoms with Gasteiger partial charge in [-0.25, -0.2) is 9.59 Å². The molecule has 0 saturated heterocycles. The van der Waals surface area contributed by atoms with Crippen molar-refractivity contribution in [1.82, 2.24) is 0 Å². The number of hydrogen-bond donors (Lipinski definition) is 2. The average molecular weight is 346 g/mol. The van der Waals surface area contributed by atoms with E-state index in [1.807, 2.05) is 6.07 Å². The summed E-state index contributed by atoms with van der Waals surface area (Å²) in [6, 6.07) is 10.8. The lowest BCUT2D eigenvalue weighted by atomic mass is 10.1. The summed E-state index contributed by atoms with van der Waals surface area (Å²) in [6.45, 7) is -0.0318. The molecule has 0 aromatic heterocycles. The second kappa shape index (κ2) is 7.77. The molecule has 0 aliphatic rings. The highest BCUT2D eigenvalue weighted by molar-refractivity contribution is 5.95. The van der Waals surface area contributed by atoms with Gasteiger partial charge in [-0.15, -0.1) is 0 Å². The Kier molecular flexibility index (Phi) is 5.51. The predicted octanol–water partition coefficient (Wildman–Crippen LogP) is 3.05. The van der Waals surface area contributed by atoms with E-state index in [1.54, 1.807) is 24.3 Å². The third-order valence-electron chi connectivity index (χ3n) is 3.18. The Morgan fingerprint density at radius 1 is 1.24 bits per heavy atom. The molecule has 2 N–H and O–H groups in total. The van der Waals surface area contributed by atoms with Gasteiger partial charge in [-0.05, 0) is 11.6 Å². The summed E-state index contributed by atoms with van der Waals surface area (Å²) in [4.78, 5) is 33.3. The van der Waals surface area contributed by atoms with Gasteiger partial charge in [0.2, 0.25) is 0 Å². The third kappa shape index (κ3) is 4.44. The van der Waals surface area contributed by atoms with E-state index in [4.69, 9.17) is 14.6 Å². The van der Waals surface area contributed by atoms with Crippen LogP contribution in [0.4, 0.5) is 16.2 Å². The first-order chi connectivity index (χ1) is 11.9. The highest BCUT2D eigenvalue weighted by Crippen LogP contribution is 2.36. The summed E-state index contributed by atoms with van der Waals surface area (Å²) in [7, 11) is 1.20. The van der Waals surface area contributed by atoms with E-state index < -0.39 is 22.7 Å². The Bertz CT molecular complexity index is 806. The zero-order valence-electron chi connectivity index (χ0n) is 13.1. The fourth-order valence-electron chi connectivity index (χ4n) is 2.02. The van der Waals surface area contributed by atoms with Gasteiger partial charge in [0.1, 0.15) is 12.4 Å². The molecule has 25 heavy (non-hydrogen) atoms. The van der Waals surface area contributed by atoms with Crippen molar-refractivity contribution in [2.24, 2.45) is 0 Å². The zero-order chi connectivity index (χ0) is 18.4. The molecular formula is C16H14N2O7. The number of carbonyl (C=O) groups is 2. The van der Waals surface area contributed by atoms with Gasteiger partial charge in [0, 0.05) is 6.07 Å². The van der Waals surface area contributed by atoms with Crippen LogP contribution in [0.3, 0.4) is 0 Å². The molecule has 9 heteroatoms. The Morgan fingerprint density at radius 3 is 2.48 bits per heavy atom. The first-order valence-electron chi connectivity index (χ1n) is 6.99. The molecular weight excluding hydrogens is 332 g/mol. The predicted molar refractivity (Wildman–Crippen MR) is 86.9 cm³/mol. The highest BCUT2D eigenvalue weighted by Gasteiger charge is 2.24. The molecule has 0 aliphatic carbocycles. The van der Waals surface area contributed by atoms with Crippen LogP contribution in [0.2, 0.25) is 0 Å². The largest absolute Gasteiger partial charge is 0.494 e. The molecule has 2 aromatic rings. The third-order valence-corrected chi connectivity index (χ3v) is 3.18. The van der Waals surface area contributed by atoms with Crippen molar-refractivity contribution in [2.75, 3.05) is 12.4 Å². The van der Waals surface area contributed by atoms with E-state index in [-0.39, 0.29) is 23.6 Å². The fraction of sp³-hybridized carbons (Fsp3) is 0.125. The summed E-state index contributed by atoms with van der Waals surface area (Å²) in [5, 5.41) is 22.4. The Balaban J connectivity index is 2.23. The lowest BCUT2D eigenvalue weighted by Gasteiger charge is -2.12. The summed E-state index contributed by atoms with van der Waals surface area (Å²) in [6.07, 6.45) is -0.937. The number of aromatic carboxylic acids is 1. The number of carboxylic acids is 1. The molecule has 9 nitrogen and oxygen atoms in total. The number of amides is 1. The molecule has 1 amide bonds. The second-order valence-corrected chi connectivity index (χ2v) is 4.82. The van der Waals surface area contributed by atoms with Crippen LogP contribution in [0.1, 0.15) is 15.9 Å². The van der Waals surface area contributed by atoms with Gasteiger partial charge >= 0.3 is 12.1 Å². The Labute approximate surface area is 141 Å². The van der Waals surface area contributed by atoms with Crippen LogP contribution in [0.15, 0.2) is 42.5 Å². The van der Waals surface area contributed by atoms with E-state index in [0.29, 0.717) is 0 Å². The highest BCUT2D eigenvalue weighted by atomic mass is 16.6. The molecule has 0 spiro atoms. The number of rotatable bonds is 6. The van der Waals surface area contributed by atoms with E-state index in [9.17, 15) is 19.7 Å². The van der Waals surface area contributed by atoms with Gasteiger partial charge in [-0.2, -0.15) is 0 Å². The van der Waals surface area contributed by atoms with Crippen molar-refractivity contribution in [1.29, 1.82) is 0 Å². The molecule has 2 aromatic carbocycles. The lowest BCUT2D eigenvalue weighted by molar-refractivity contribution is -0.384. The molecule has 0 saturated carbocycles. The molecule has 0 unspecified atom stereocenters. The van der Waals surface area contributed by atoms with Gasteiger partial charge < -0.3 is 14.6 Å². The number of nitrogens with zero attached hydrogens (tertiary/aromatic N) is 1. The smallest absolute Gasteiger partial charge is 0.412 e. The number of nitrogens with one attached hydrogen (secondary N) is 1. The SMILES string of the molecule is COc1cc(C(=O)O)cc([N+](=O)[O-])c1NC(=O)OCc1ccccc1. The number of anilines is 1. The van der Waals surface area contributed by atoms with Crippen LogP contribution < -0.4 is 10.1 Å². The number of nitro groups is 1. The van der Waals surface area contributed by atoms with Crippen molar-refractivity contribution in [3.8, 4) is 5.75 Å². The number of nitro benzene ring substituents is 1. The van der Waals surface area contributed by atoms with Crippen LogP contribution in [0.5, 0.6) is 5.75 Å². The normalized spacial score (nSPS) is 9.96. The Hall–Kier alpha value is -3.62. The van der Waals surface area contributed by atoms with Gasteiger partial charge in [0.05, 0.1) is 17.6 Å². The monoisotopic (exact) mass is 346 g/mol. The van der Waals surface area contributed by atoms with Crippen LogP contribution >= 0.6 is 0 Å². The zero-order valence-corrected chi connectivity index (χ0v) is 13.1. The van der Waals surface area contributed by atoms with Crippen LogP contribution in [-0.4, -0.2) is 29.2 Å². The minimum absolute atomic E-state index is 0.0318.